The molecular formula is C119H52N2O2S. The third-order valence-electron chi connectivity index (χ3n) is 9.25. The number of sulfone groups is 1. The van der Waals surface area contributed by atoms with Crippen LogP contribution in [0.2, 0.25) is 0 Å². The zero-order valence-electron chi connectivity index (χ0n) is 68.4. The topological polar surface area (TPSA) is 70.5 Å². The van der Waals surface area contributed by atoms with Crippen molar-refractivity contribution in [3.63, 3.8) is 0 Å². The van der Waals surface area contributed by atoms with Crippen LogP contribution in [-0.4, -0.2) is 24.0 Å². The van der Waals surface area contributed by atoms with Gasteiger partial charge in [0.1, 0.15) is 0 Å². The van der Waals surface area contributed by atoms with E-state index in [0.717, 1.165) is 12.8 Å². The zero-order valence-corrected chi connectivity index (χ0v) is 69.2. The normalized spacial score (nSPS) is 6.59. The molecule has 0 bridgehead atoms. The van der Waals surface area contributed by atoms with Gasteiger partial charge in [-0.1, -0.05) is 73.5 Å². The maximum Gasteiger partial charge on any atom is 0.370 e. The first kappa shape index (κ1) is 117. The second-order valence-corrected chi connectivity index (χ2v) is 19.3. The second kappa shape index (κ2) is 121. The molecule has 0 aromatic heterocycles. The van der Waals surface area contributed by atoms with Gasteiger partial charge in [-0.3, -0.25) is 0 Å². The van der Waals surface area contributed by atoms with Gasteiger partial charge in [-0.15, -0.1) is 51.4 Å². The SMILES string of the molecule is C#CC#CC#CC#CC#C.C#CC#CC#CC#CC#CC.C#CC#CC#CC#CC#CC#CC.C#CC#CC#CC#CC#CC#CC#C.C#CC#CC#CC#CC#CC#CC#CC.C#CC#CC#CC#CC#CC#CC#CC#CC.CC#CC#CC#CC#CC#CC.CC#CC#CC#CC#CC#CC#CC#CC.CCCCC1CCC(S(=O)(=O)C=[N+]=[N-])CC1. The van der Waals surface area contributed by atoms with Crippen LogP contribution in [0.4, 0.5) is 0 Å². The Morgan fingerprint density at radius 2 is 0.347 bits per heavy atom. The largest absolute Gasteiger partial charge is 0.370 e. The summed E-state index contributed by atoms with van der Waals surface area (Å²) in [5.74, 6) is 226. The minimum Gasteiger partial charge on any atom is -0.361 e. The van der Waals surface area contributed by atoms with Crippen LogP contribution in [-0.2, 0) is 9.84 Å². The average Bonchev–Trinajstić information content (AvgIpc) is 0.846. The van der Waals surface area contributed by atoms with E-state index in [1.165, 1.54) is 19.3 Å². The molecule has 1 aliphatic rings. The lowest BCUT2D eigenvalue weighted by Crippen LogP contribution is -2.28. The molecule has 1 aliphatic carbocycles. The first-order valence-corrected chi connectivity index (χ1v) is 34.9. The standard InChI is InChI=1S/C17H4.C16H6.C15H4.C14H2.C13H4.C12H6.C11H20N2O2S.C11H4.C10H2/c1-3-5-7-9-11-13-15-17-16-14-12-10-8-6-4-2;1-3-5-7-9-11-13-15-16-14-12-10-8-6-4-2;1-3-5-7-9-11-13-15-14-12-10-8-6-4-2;1-3-5-7-9-11-13-14-12-10-8-6-4-2;1-3-5-7-9-11-13-12-10-8-6-4-2;1-3-5-7-9-11-12-10-8-6-4-2;1-2-3-4-10-5-7-11(8-6-10)16(14,15)9-13-12;1-3-5-7-9-11-10-8-6-4-2;1-3-5-7-9-10-8-6-4-2/h1H,2H3;1-2H3;1H,2H3;1-2H;1H,2H3;1-2H3;9-11H,2-8H2,1H3;1H,2H3;1-2H. The Labute approximate surface area is 743 Å². The van der Waals surface area contributed by atoms with Crippen molar-refractivity contribution in [1.29, 1.82) is 0 Å². The molecule has 0 saturated heterocycles. The Hall–Kier alpha value is -22.7. The minimum atomic E-state index is -3.32. The monoisotopic (exact) mass is 1570 g/mol. The molecule has 0 aromatic rings. The van der Waals surface area contributed by atoms with Crippen molar-refractivity contribution in [1.82, 2.24) is 0 Å². The average molecular weight is 1570 g/mol. The van der Waals surface area contributed by atoms with Gasteiger partial charge in [-0.05, 0) is 584 Å². The number of hydrogen-bond donors (Lipinski definition) is 0. The Bertz CT molecular complexity index is 7310. The Kier molecular flexibility index (Phi) is 115. The number of terminal acetylenes is 8. The summed E-state index contributed by atoms with van der Waals surface area (Å²) in [4.78, 5) is 2.64. The molecule has 1 fully saturated rings. The summed E-state index contributed by atoms with van der Waals surface area (Å²) in [7, 11) is -3.32. The van der Waals surface area contributed by atoms with Gasteiger partial charge in [0, 0.05) is 0 Å². The molecule has 0 radical (unpaired) electrons. The summed E-state index contributed by atoms with van der Waals surface area (Å²) in [5.41, 5.74) is 8.98. The van der Waals surface area contributed by atoms with Crippen molar-refractivity contribution in [2.45, 2.75) is 113 Å². The van der Waals surface area contributed by atoms with Gasteiger partial charge in [-0.2, -0.15) is 4.79 Å². The van der Waals surface area contributed by atoms with Crippen LogP contribution < -0.4 is 0 Å². The van der Waals surface area contributed by atoms with E-state index in [4.69, 9.17) is 56.9 Å². The van der Waals surface area contributed by atoms with Crippen LogP contribution in [0.25, 0.3) is 5.53 Å². The van der Waals surface area contributed by atoms with Crippen molar-refractivity contribution in [2.75, 3.05) is 0 Å². The van der Waals surface area contributed by atoms with Crippen molar-refractivity contribution in [3.8, 4) is 596 Å². The lowest BCUT2D eigenvalue weighted by Gasteiger charge is -2.26. The van der Waals surface area contributed by atoms with E-state index in [2.05, 4.69) is 556 Å². The second-order valence-electron chi connectivity index (χ2n) is 17.2. The highest BCUT2D eigenvalue weighted by molar-refractivity contribution is 8.04. The van der Waals surface area contributed by atoms with Crippen LogP contribution in [0.1, 0.15) is 107 Å². The molecule has 556 valence electrons. The molecule has 4 nitrogen and oxygen atoms in total. The van der Waals surface area contributed by atoms with Crippen LogP contribution in [0, 0.1) is 602 Å². The summed E-state index contributed by atoms with van der Waals surface area (Å²) >= 11 is 0. The summed E-state index contributed by atoms with van der Waals surface area (Å²) in [6.07, 6.45) is 45.8. The Balaban J connectivity index is -0.000000204. The van der Waals surface area contributed by atoms with Crippen LogP contribution in [0.5, 0.6) is 0 Å². The molecule has 1 rings (SSSR count). The molecule has 0 heterocycles. The van der Waals surface area contributed by atoms with Crippen molar-refractivity contribution < 1.29 is 13.2 Å². The minimum absolute atomic E-state index is 0.332. The molecule has 0 N–H and O–H groups in total. The Morgan fingerprint density at radius 3 is 0.452 bits per heavy atom. The van der Waals surface area contributed by atoms with E-state index < -0.39 is 9.84 Å². The molecular weight excluding hydrogens is 1520 g/mol. The zero-order chi connectivity index (χ0) is 93.1. The van der Waals surface area contributed by atoms with E-state index in [9.17, 15) is 8.42 Å². The lowest BCUT2D eigenvalue weighted by atomic mass is 9.85. The van der Waals surface area contributed by atoms with Crippen LogP contribution in [0.15, 0.2) is 0 Å². The molecule has 5 heteroatoms. The van der Waals surface area contributed by atoms with Gasteiger partial charge >= 0.3 is 5.55 Å². The molecule has 0 spiro atoms. The highest BCUT2D eigenvalue weighted by atomic mass is 32.2. The quantitative estimate of drug-likeness (QED) is 0.0934. The molecule has 0 atom stereocenters. The smallest absolute Gasteiger partial charge is 0.361 e. The third kappa shape index (κ3) is 132. The fourth-order valence-corrected chi connectivity index (χ4v) is 6.29. The highest BCUT2D eigenvalue weighted by Gasteiger charge is 2.31. The van der Waals surface area contributed by atoms with Gasteiger partial charge in [-0.25, -0.2) is 8.42 Å². The molecule has 0 aromatic carbocycles. The van der Waals surface area contributed by atoms with Gasteiger partial charge in [0.25, 0.3) is 0 Å². The lowest BCUT2D eigenvalue weighted by molar-refractivity contribution is 0.00742. The summed E-state index contributed by atoms with van der Waals surface area (Å²) in [6.45, 7) is 15.9. The van der Waals surface area contributed by atoms with E-state index in [0.29, 0.717) is 24.3 Å². The molecule has 1 saturated carbocycles. The number of hydrogen-bond acceptors (Lipinski definition) is 2. The highest BCUT2D eigenvalue weighted by Crippen LogP contribution is 2.31. The maximum absolute atomic E-state index is 11.6. The van der Waals surface area contributed by atoms with Crippen molar-refractivity contribution >= 4 is 15.4 Å². The van der Waals surface area contributed by atoms with Crippen molar-refractivity contribution in [3.05, 3.63) is 5.53 Å². The summed E-state index contributed by atoms with van der Waals surface area (Å²) in [5, 5.41) is -0.332. The molecule has 0 aliphatic heterocycles. The van der Waals surface area contributed by atoms with Crippen molar-refractivity contribution in [2.24, 2.45) is 5.92 Å². The third-order valence-corrected chi connectivity index (χ3v) is 11.0. The van der Waals surface area contributed by atoms with Gasteiger partial charge in [0.05, 0.1) is 5.25 Å². The van der Waals surface area contributed by atoms with Gasteiger partial charge in [0.2, 0.25) is 9.84 Å². The van der Waals surface area contributed by atoms with E-state index >= 15 is 0 Å². The first-order chi connectivity index (χ1) is 60.9. The summed E-state index contributed by atoms with van der Waals surface area (Å²) in [6, 6.07) is 0. The predicted molar refractivity (Wildman–Crippen MR) is 507 cm³/mol. The van der Waals surface area contributed by atoms with E-state index in [-0.39, 0.29) is 5.25 Å². The Morgan fingerprint density at radius 1 is 0.226 bits per heavy atom. The van der Waals surface area contributed by atoms with Gasteiger partial charge in [0.15, 0.2) is 0 Å². The van der Waals surface area contributed by atoms with E-state index in [1.54, 1.807) is 55.4 Å². The number of rotatable bonds is 5. The molecule has 0 amide bonds. The maximum atomic E-state index is 11.6. The number of nitrogens with zero attached hydrogens (tertiary/aromatic N) is 2. The molecule has 124 heavy (non-hydrogen) atoms. The summed E-state index contributed by atoms with van der Waals surface area (Å²) < 4.78 is 23.2. The molecule has 0 unspecified atom stereocenters. The first-order valence-electron chi connectivity index (χ1n) is 33.3. The fourth-order valence-electron chi connectivity index (χ4n) is 5.06. The fraction of sp³-hybridized carbons (Fsp3) is 0.151. The van der Waals surface area contributed by atoms with Gasteiger partial charge < -0.3 is 5.53 Å². The number of unbranched alkanes of at least 4 members (excludes halogenated alkanes) is 1. The van der Waals surface area contributed by atoms with Crippen LogP contribution >= 0.6 is 0 Å². The van der Waals surface area contributed by atoms with Crippen LogP contribution in [0.3, 0.4) is 0 Å². The van der Waals surface area contributed by atoms with E-state index in [1.807, 2.05) is 0 Å². The predicted octanol–water partition coefficient (Wildman–Crippen LogP) is 7.67.